The lowest BCUT2D eigenvalue weighted by Crippen LogP contribution is -2.70. The standard InChI is InChI=1S/C25H34N2O7/c1-15-7-8-19-16(2)22(31-23-25(19)18(15)11-12-24(3,32-23)33-34-25)30-21(29)10-9-20(28)27-14-17-6-4-5-13-26-17/h4-6,13,15-16,18-19,22-23H,7-12,14H2,1-3H3,(H,27,28)/t15-,16+,18-,19+,22+,23-,24-,25+/m0/s1. The Balaban J connectivity index is 1.20. The van der Waals surface area contributed by atoms with E-state index in [4.69, 9.17) is 24.0 Å². The second-order valence-electron chi connectivity index (χ2n) is 10.4. The molecular weight excluding hydrogens is 440 g/mol. The Bertz CT molecular complexity index is 914. The van der Waals surface area contributed by atoms with Crippen LogP contribution in [0.25, 0.3) is 0 Å². The maximum atomic E-state index is 12.6. The normalized spacial score (nSPS) is 40.7. The van der Waals surface area contributed by atoms with E-state index in [0.29, 0.717) is 12.5 Å². The van der Waals surface area contributed by atoms with Gasteiger partial charge in [-0.1, -0.05) is 19.9 Å². The average Bonchev–Trinajstić information content (AvgIpc) is 3.06. The summed E-state index contributed by atoms with van der Waals surface area (Å²) in [5.41, 5.74) is 0.0657. The summed E-state index contributed by atoms with van der Waals surface area (Å²) in [7, 11) is 0. The van der Waals surface area contributed by atoms with Crippen LogP contribution in [0.3, 0.4) is 0 Å². The van der Waals surface area contributed by atoms with Crippen molar-refractivity contribution in [3.8, 4) is 0 Å². The van der Waals surface area contributed by atoms with Crippen molar-refractivity contribution in [3.05, 3.63) is 30.1 Å². The Labute approximate surface area is 199 Å². The molecule has 1 aromatic rings. The van der Waals surface area contributed by atoms with Gasteiger partial charge in [0.15, 0.2) is 11.9 Å². The number of hydrogen-bond acceptors (Lipinski definition) is 8. The molecule has 9 nitrogen and oxygen atoms in total. The van der Waals surface area contributed by atoms with Crippen molar-refractivity contribution < 1.29 is 33.6 Å². The Morgan fingerprint density at radius 2 is 2.00 bits per heavy atom. The minimum atomic E-state index is -0.877. The molecular formula is C25H34N2O7. The van der Waals surface area contributed by atoms with E-state index in [1.165, 1.54) is 0 Å². The molecule has 1 aliphatic carbocycles. The van der Waals surface area contributed by atoms with E-state index in [0.717, 1.165) is 31.4 Å². The molecule has 186 valence electrons. The van der Waals surface area contributed by atoms with Crippen LogP contribution < -0.4 is 5.32 Å². The first-order chi connectivity index (χ1) is 16.3. The van der Waals surface area contributed by atoms with Gasteiger partial charge in [0.25, 0.3) is 0 Å². The van der Waals surface area contributed by atoms with Gasteiger partial charge in [-0.2, -0.15) is 0 Å². The first-order valence-electron chi connectivity index (χ1n) is 12.4. The number of amides is 1. The van der Waals surface area contributed by atoms with Gasteiger partial charge in [-0.3, -0.25) is 14.6 Å². The minimum Gasteiger partial charge on any atom is -0.435 e. The second-order valence-corrected chi connectivity index (χ2v) is 10.4. The molecule has 1 spiro atoms. The third-order valence-electron chi connectivity index (χ3n) is 8.09. The van der Waals surface area contributed by atoms with E-state index in [1.54, 1.807) is 6.20 Å². The van der Waals surface area contributed by atoms with Crippen molar-refractivity contribution in [3.63, 3.8) is 0 Å². The Morgan fingerprint density at radius 1 is 1.15 bits per heavy atom. The van der Waals surface area contributed by atoms with Gasteiger partial charge >= 0.3 is 5.97 Å². The smallest absolute Gasteiger partial charge is 0.308 e. The van der Waals surface area contributed by atoms with E-state index in [2.05, 4.69) is 17.2 Å². The summed E-state index contributed by atoms with van der Waals surface area (Å²) in [6.45, 7) is 6.47. The zero-order valence-corrected chi connectivity index (χ0v) is 20.0. The molecule has 4 aliphatic heterocycles. The van der Waals surface area contributed by atoms with E-state index in [1.807, 2.05) is 32.0 Å². The predicted molar refractivity (Wildman–Crippen MR) is 118 cm³/mol. The lowest BCUT2D eigenvalue weighted by Gasteiger charge is -2.59. The molecule has 1 N–H and O–H groups in total. The van der Waals surface area contributed by atoms with Crippen LogP contribution in [-0.4, -0.2) is 40.8 Å². The fraction of sp³-hybridized carbons (Fsp3) is 0.720. The van der Waals surface area contributed by atoms with Crippen LogP contribution >= 0.6 is 0 Å². The predicted octanol–water partition coefficient (Wildman–Crippen LogP) is 3.23. The number of nitrogens with one attached hydrogen (secondary N) is 1. The molecule has 6 rings (SSSR count). The zero-order chi connectivity index (χ0) is 23.9. The maximum Gasteiger partial charge on any atom is 0.308 e. The third kappa shape index (κ3) is 4.23. The number of nitrogens with zero attached hydrogens (tertiary/aromatic N) is 1. The Morgan fingerprint density at radius 3 is 2.79 bits per heavy atom. The highest BCUT2D eigenvalue weighted by molar-refractivity contribution is 5.81. The molecule has 1 aromatic heterocycles. The fourth-order valence-electron chi connectivity index (χ4n) is 6.19. The number of ether oxygens (including phenoxy) is 3. The number of hydrogen-bond donors (Lipinski definition) is 1. The molecule has 0 unspecified atom stereocenters. The summed E-state index contributed by atoms with van der Waals surface area (Å²) in [4.78, 5) is 40.9. The van der Waals surface area contributed by atoms with Gasteiger partial charge < -0.3 is 19.5 Å². The van der Waals surface area contributed by atoms with Crippen molar-refractivity contribution in [2.75, 3.05) is 0 Å². The number of rotatable bonds is 6. The molecule has 1 saturated carbocycles. The number of aromatic nitrogens is 1. The van der Waals surface area contributed by atoms with E-state index < -0.39 is 29.9 Å². The summed E-state index contributed by atoms with van der Waals surface area (Å²) >= 11 is 0. The van der Waals surface area contributed by atoms with Gasteiger partial charge in [0.05, 0.1) is 18.7 Å². The fourth-order valence-corrected chi connectivity index (χ4v) is 6.19. The van der Waals surface area contributed by atoms with Gasteiger partial charge in [0, 0.05) is 30.9 Å². The molecule has 0 aromatic carbocycles. The maximum absolute atomic E-state index is 12.6. The van der Waals surface area contributed by atoms with Crippen molar-refractivity contribution in [1.82, 2.24) is 10.3 Å². The lowest BCUT2D eigenvalue weighted by atomic mass is 9.58. The minimum absolute atomic E-state index is 0.0288. The topological polar surface area (TPSA) is 105 Å². The van der Waals surface area contributed by atoms with E-state index >= 15 is 0 Å². The van der Waals surface area contributed by atoms with Crippen LogP contribution in [0.4, 0.5) is 0 Å². The lowest BCUT2D eigenvalue weighted by molar-refractivity contribution is -0.576. The van der Waals surface area contributed by atoms with Crippen LogP contribution in [0.5, 0.6) is 0 Å². The molecule has 2 bridgehead atoms. The first-order valence-corrected chi connectivity index (χ1v) is 12.4. The number of carbonyl (C=O) groups excluding carboxylic acids is 2. The summed E-state index contributed by atoms with van der Waals surface area (Å²) in [6.07, 6.45) is 3.92. The molecule has 5 aliphatic rings. The van der Waals surface area contributed by atoms with Crippen molar-refractivity contribution in [2.45, 2.75) is 89.8 Å². The second kappa shape index (κ2) is 9.18. The first kappa shape index (κ1) is 23.7. The third-order valence-corrected chi connectivity index (χ3v) is 8.09. The molecule has 5 heterocycles. The van der Waals surface area contributed by atoms with Crippen LogP contribution in [0.1, 0.15) is 65.0 Å². The highest BCUT2D eigenvalue weighted by atomic mass is 17.3. The highest BCUT2D eigenvalue weighted by Gasteiger charge is 2.69. The number of pyridine rings is 1. The van der Waals surface area contributed by atoms with Crippen LogP contribution in [0, 0.1) is 23.7 Å². The molecule has 0 radical (unpaired) electrons. The van der Waals surface area contributed by atoms with Crippen molar-refractivity contribution >= 4 is 11.9 Å². The molecule has 5 fully saturated rings. The van der Waals surface area contributed by atoms with Crippen molar-refractivity contribution in [1.29, 1.82) is 0 Å². The molecule has 8 atom stereocenters. The average molecular weight is 475 g/mol. The van der Waals surface area contributed by atoms with Gasteiger partial charge in [0.1, 0.15) is 0 Å². The Hall–Kier alpha value is -2.07. The Kier molecular flexibility index (Phi) is 6.39. The summed E-state index contributed by atoms with van der Waals surface area (Å²) in [5.74, 6) is -0.876. The largest absolute Gasteiger partial charge is 0.435 e. The van der Waals surface area contributed by atoms with Gasteiger partial charge in [-0.05, 0) is 50.2 Å². The molecule has 1 amide bonds. The number of esters is 1. The summed E-state index contributed by atoms with van der Waals surface area (Å²) in [5, 5.41) is 2.77. The van der Waals surface area contributed by atoms with Crippen LogP contribution in [0.15, 0.2) is 24.4 Å². The van der Waals surface area contributed by atoms with Crippen LogP contribution in [0.2, 0.25) is 0 Å². The summed E-state index contributed by atoms with van der Waals surface area (Å²) in [6, 6.07) is 5.51. The van der Waals surface area contributed by atoms with Crippen molar-refractivity contribution in [2.24, 2.45) is 23.7 Å². The number of carbonyl (C=O) groups is 2. The monoisotopic (exact) mass is 474 g/mol. The van der Waals surface area contributed by atoms with Gasteiger partial charge in [-0.15, -0.1) is 0 Å². The van der Waals surface area contributed by atoms with Gasteiger partial charge in [0.2, 0.25) is 18.0 Å². The number of fused-ring (bicyclic) bond motifs is 2. The summed E-state index contributed by atoms with van der Waals surface area (Å²) < 4.78 is 18.3. The molecule has 9 heteroatoms. The molecule has 34 heavy (non-hydrogen) atoms. The highest BCUT2D eigenvalue weighted by Crippen LogP contribution is 2.60. The SMILES string of the molecule is C[C@H]1[C@H](OC(=O)CCC(=O)NCc2ccccn2)O[C@H]2O[C@]3(C)CC[C@H]4[C@@H](C)CC[C@H]1[C@@]24OO3. The van der Waals surface area contributed by atoms with Crippen LogP contribution in [-0.2, 0) is 40.1 Å². The quantitative estimate of drug-likeness (QED) is 0.495. The van der Waals surface area contributed by atoms with E-state index in [9.17, 15) is 9.59 Å². The van der Waals surface area contributed by atoms with Gasteiger partial charge in [-0.25, -0.2) is 9.78 Å². The molecule has 4 saturated heterocycles. The zero-order valence-electron chi connectivity index (χ0n) is 20.0. The van der Waals surface area contributed by atoms with E-state index in [-0.39, 0.29) is 36.5 Å².